The maximum absolute atomic E-state index is 13.3. The number of hydrogen-bond donors (Lipinski definition) is 1. The van der Waals surface area contributed by atoms with Crippen LogP contribution in [0.3, 0.4) is 0 Å². The minimum atomic E-state index is -0.0614. The van der Waals surface area contributed by atoms with Crippen LogP contribution in [0.4, 0.5) is 5.69 Å². The number of halogens is 1. The van der Waals surface area contributed by atoms with E-state index >= 15 is 0 Å². The Morgan fingerprint density at radius 1 is 1.30 bits per heavy atom. The number of carbonyl (C=O) groups is 1. The van der Waals surface area contributed by atoms with Gasteiger partial charge in [0.15, 0.2) is 0 Å². The Hall–Kier alpha value is -2.20. The van der Waals surface area contributed by atoms with Gasteiger partial charge in [0.2, 0.25) is 0 Å². The number of benzene rings is 2. The third kappa shape index (κ3) is 2.53. The van der Waals surface area contributed by atoms with Crippen molar-refractivity contribution in [3.05, 3.63) is 58.2 Å². The molecule has 3 heterocycles. The van der Waals surface area contributed by atoms with Crippen molar-refractivity contribution in [3.63, 3.8) is 0 Å². The molecule has 2 aromatic heterocycles. The summed E-state index contributed by atoms with van der Waals surface area (Å²) >= 11 is 6.21. The number of aryl methyl sites for hydroxylation is 1. The predicted molar refractivity (Wildman–Crippen MR) is 109 cm³/mol. The number of rotatable bonds is 2. The quantitative estimate of drug-likeness (QED) is 0.362. The van der Waals surface area contributed by atoms with Crippen molar-refractivity contribution in [1.29, 1.82) is 0 Å². The summed E-state index contributed by atoms with van der Waals surface area (Å²) in [4.78, 5) is 15.0. The van der Waals surface area contributed by atoms with Crippen LogP contribution in [0, 0.1) is 6.92 Å². The zero-order chi connectivity index (χ0) is 18.7. The van der Waals surface area contributed by atoms with Gasteiger partial charge >= 0.3 is 167 Å². The van der Waals surface area contributed by atoms with Gasteiger partial charge in [-0.05, 0) is 0 Å². The van der Waals surface area contributed by atoms with E-state index in [0.717, 1.165) is 41.9 Å². The summed E-state index contributed by atoms with van der Waals surface area (Å²) in [5.41, 5.74) is 3.71. The molecule has 1 aliphatic rings. The number of aromatic hydroxyl groups is 1. The van der Waals surface area contributed by atoms with E-state index in [2.05, 4.69) is 6.07 Å². The molecule has 27 heavy (non-hydrogen) atoms. The molecule has 0 bridgehead atoms. The Kier molecular flexibility index (Phi) is 3.87. The predicted octanol–water partition coefficient (Wildman–Crippen LogP) is 4.64. The number of fused-ring (bicyclic) bond motifs is 4. The van der Waals surface area contributed by atoms with Crippen LogP contribution in [0.1, 0.15) is 26.3 Å². The molecule has 1 atom stereocenters. The number of alkyl halides is 1. The van der Waals surface area contributed by atoms with E-state index in [1.165, 1.54) is 0 Å². The fourth-order valence-corrected chi connectivity index (χ4v) is 6.12. The number of hydrogen-bond acceptors (Lipinski definition) is 3. The first-order valence-electron chi connectivity index (χ1n) is 8.68. The molecule has 0 aliphatic carbocycles. The molecule has 136 valence electrons. The van der Waals surface area contributed by atoms with Crippen molar-refractivity contribution in [2.24, 2.45) is 0 Å². The Morgan fingerprint density at radius 3 is 2.93 bits per heavy atom. The van der Waals surface area contributed by atoms with E-state index in [-0.39, 0.29) is 32.1 Å². The van der Waals surface area contributed by atoms with Gasteiger partial charge in [-0.25, -0.2) is 0 Å². The van der Waals surface area contributed by atoms with Crippen molar-refractivity contribution in [2.75, 3.05) is 17.3 Å². The molecule has 4 aromatic rings. The summed E-state index contributed by atoms with van der Waals surface area (Å²) in [6.45, 7) is 2.55. The number of furan rings is 1. The fourth-order valence-electron chi connectivity index (χ4n) is 3.91. The van der Waals surface area contributed by atoms with Crippen LogP contribution in [0.5, 0.6) is 5.75 Å². The molecule has 0 saturated heterocycles. The molecule has 0 spiro atoms. The number of carbonyl (C=O) groups excluding carboxylic acids is 1. The van der Waals surface area contributed by atoms with Gasteiger partial charge in [0.1, 0.15) is 0 Å². The van der Waals surface area contributed by atoms with E-state index in [0.29, 0.717) is 12.4 Å². The molecule has 1 N–H and O–H groups in total. The van der Waals surface area contributed by atoms with Gasteiger partial charge < -0.3 is 0 Å². The summed E-state index contributed by atoms with van der Waals surface area (Å²) in [6, 6.07) is 11.4. The number of nitrogens with zero attached hydrogens (tertiary/aromatic N) is 1. The van der Waals surface area contributed by atoms with Crippen molar-refractivity contribution in [3.8, 4) is 5.75 Å². The summed E-state index contributed by atoms with van der Waals surface area (Å²) in [5, 5.41) is 12.3. The van der Waals surface area contributed by atoms with E-state index in [1.54, 1.807) is 17.2 Å². The van der Waals surface area contributed by atoms with Crippen LogP contribution in [-0.2, 0) is 0 Å². The Labute approximate surface area is 166 Å². The number of phenols is 1. The monoisotopic (exact) mass is 445 g/mol. The molecule has 1 amide bonds. The summed E-state index contributed by atoms with van der Waals surface area (Å²) < 4.78 is 7.29. The number of anilines is 1. The molecule has 0 fully saturated rings. The van der Waals surface area contributed by atoms with Gasteiger partial charge in [0.05, 0.1) is 0 Å². The number of phenolic OH excluding ortho intramolecular Hbond substituents is 1. The van der Waals surface area contributed by atoms with Gasteiger partial charge in [0.25, 0.3) is 0 Å². The molecule has 6 heteroatoms. The van der Waals surface area contributed by atoms with Gasteiger partial charge in [-0.15, -0.1) is 0 Å². The average molecular weight is 445 g/mol. The Morgan fingerprint density at radius 2 is 2.15 bits per heavy atom. The first-order chi connectivity index (χ1) is 13.1. The Bertz CT molecular complexity index is 1180. The summed E-state index contributed by atoms with van der Waals surface area (Å²) in [7, 11) is 0. The van der Waals surface area contributed by atoms with Gasteiger partial charge in [-0.1, -0.05) is 0 Å². The van der Waals surface area contributed by atoms with Crippen molar-refractivity contribution in [1.82, 2.24) is 0 Å². The van der Waals surface area contributed by atoms with Crippen LogP contribution < -0.4 is 4.90 Å². The molecule has 0 radical (unpaired) electrons. The average Bonchev–Trinajstić information content (AvgIpc) is 3.33. The molecule has 1 aliphatic heterocycles. The normalized spacial score (nSPS) is 16.4. The summed E-state index contributed by atoms with van der Waals surface area (Å²) in [6.07, 6.45) is 1.66. The van der Waals surface area contributed by atoms with E-state index in [4.69, 9.17) is 16.0 Å². The molecule has 2 aromatic carbocycles. The maximum atomic E-state index is 13.3. The molecule has 0 saturated carbocycles. The van der Waals surface area contributed by atoms with E-state index < -0.39 is 0 Å². The third-order valence-corrected chi connectivity index (χ3v) is 7.79. The SMILES string of the molecule is Cc1ccc2c(O)cc3c(c2c1)[C@H](CCl)CN3C(=O)c1cc2occc2[se]1. The van der Waals surface area contributed by atoms with Crippen molar-refractivity contribution in [2.45, 2.75) is 12.8 Å². The molecular formula is C21H16ClNO3Se. The van der Waals surface area contributed by atoms with Crippen molar-refractivity contribution >= 4 is 58.3 Å². The molecule has 4 nitrogen and oxygen atoms in total. The second kappa shape index (κ2) is 6.16. The van der Waals surface area contributed by atoms with Crippen LogP contribution in [-0.4, -0.2) is 37.9 Å². The van der Waals surface area contributed by atoms with Gasteiger partial charge in [-0.3, -0.25) is 0 Å². The first kappa shape index (κ1) is 16.9. The molecule has 5 rings (SSSR count). The van der Waals surface area contributed by atoms with Crippen LogP contribution in [0.2, 0.25) is 0 Å². The Balaban J connectivity index is 1.68. The second-order valence-corrected chi connectivity index (χ2v) is 9.49. The van der Waals surface area contributed by atoms with Gasteiger partial charge in [0, 0.05) is 0 Å². The van der Waals surface area contributed by atoms with Crippen LogP contribution in [0.15, 0.2) is 47.1 Å². The zero-order valence-electron chi connectivity index (χ0n) is 14.5. The van der Waals surface area contributed by atoms with E-state index in [1.807, 2.05) is 31.2 Å². The minimum absolute atomic E-state index is 0.0262. The molecular weight excluding hydrogens is 429 g/mol. The number of amides is 1. The topological polar surface area (TPSA) is 53.7 Å². The van der Waals surface area contributed by atoms with Crippen LogP contribution in [0.25, 0.3) is 20.6 Å². The first-order valence-corrected chi connectivity index (χ1v) is 10.9. The standard InChI is InChI=1S/C21H16ClNO3Se/c1-11-2-3-13-14(6-11)20-12(9-22)10-23(15(20)7-16(13)24)21(25)19-8-17-18(27-19)4-5-26-17/h2-8,12,24H,9-10H2,1H3/t12-/m1/s1. The van der Waals surface area contributed by atoms with Crippen molar-refractivity contribution < 1.29 is 14.3 Å². The van der Waals surface area contributed by atoms with Gasteiger partial charge in [-0.2, -0.15) is 0 Å². The third-order valence-electron chi connectivity index (χ3n) is 5.17. The van der Waals surface area contributed by atoms with E-state index in [9.17, 15) is 9.90 Å². The second-order valence-electron chi connectivity index (χ2n) is 6.90. The summed E-state index contributed by atoms with van der Waals surface area (Å²) in [5.74, 6) is 0.632. The van der Waals surface area contributed by atoms with Crippen LogP contribution >= 0.6 is 11.6 Å². The fraction of sp³-hybridized carbons (Fsp3) is 0.190. The molecule has 0 unspecified atom stereocenters. The zero-order valence-corrected chi connectivity index (χ0v) is 17.0.